The fourth-order valence-electron chi connectivity index (χ4n) is 1.90. The Morgan fingerprint density at radius 2 is 2.35 bits per heavy atom. The molecule has 17 heavy (non-hydrogen) atoms. The van der Waals surface area contributed by atoms with E-state index in [0.29, 0.717) is 29.4 Å². The van der Waals surface area contributed by atoms with Crippen LogP contribution in [0.3, 0.4) is 0 Å². The molecule has 1 aliphatic carbocycles. The van der Waals surface area contributed by atoms with E-state index in [1.165, 1.54) is 12.6 Å². The third kappa shape index (κ3) is 2.59. The zero-order valence-electron chi connectivity index (χ0n) is 9.43. The number of hydrazine groups is 1. The second-order valence-corrected chi connectivity index (χ2v) is 4.42. The minimum absolute atomic E-state index is 0.0716. The first-order chi connectivity index (χ1) is 8.26. The van der Waals surface area contributed by atoms with Crippen molar-refractivity contribution in [1.29, 1.82) is 0 Å². The number of rotatable bonds is 5. The fourth-order valence-corrected chi connectivity index (χ4v) is 2.10. The van der Waals surface area contributed by atoms with Crippen LogP contribution in [0.15, 0.2) is 6.20 Å². The van der Waals surface area contributed by atoms with Crippen LogP contribution in [0.1, 0.15) is 19.3 Å². The number of nitrogens with zero attached hydrogens (tertiary/aromatic N) is 3. The molecular weight excluding hydrogens is 242 g/mol. The van der Waals surface area contributed by atoms with Gasteiger partial charge in [0, 0.05) is 12.6 Å². The van der Waals surface area contributed by atoms with Gasteiger partial charge in [0.2, 0.25) is 5.95 Å². The van der Waals surface area contributed by atoms with Gasteiger partial charge in [-0.25, -0.2) is 10.8 Å². The van der Waals surface area contributed by atoms with Gasteiger partial charge < -0.3 is 10.0 Å². The molecule has 0 aliphatic heterocycles. The van der Waals surface area contributed by atoms with Gasteiger partial charge in [-0.05, 0) is 19.3 Å². The highest BCUT2D eigenvalue weighted by atomic mass is 35.5. The van der Waals surface area contributed by atoms with Crippen LogP contribution >= 0.6 is 11.6 Å². The Kier molecular flexibility index (Phi) is 3.98. The highest BCUT2D eigenvalue weighted by Crippen LogP contribution is 2.32. The average Bonchev–Trinajstić information content (AvgIpc) is 2.27. The summed E-state index contributed by atoms with van der Waals surface area (Å²) in [6, 6.07) is 0.403. The van der Waals surface area contributed by atoms with Crippen LogP contribution < -0.4 is 16.2 Å². The summed E-state index contributed by atoms with van der Waals surface area (Å²) in [5, 5.41) is 9.59. The fraction of sp³-hybridized carbons (Fsp3) is 0.600. The van der Waals surface area contributed by atoms with E-state index in [2.05, 4.69) is 15.4 Å². The zero-order valence-corrected chi connectivity index (χ0v) is 10.2. The number of hydrogen-bond donors (Lipinski definition) is 3. The standard InChI is InChI=1S/C10H16ClN5O/c11-8-6-13-10(15-12)14-9(8)16(4-5-17)7-2-1-3-7/h6-7,17H,1-5,12H2,(H,13,14,15). The molecule has 2 rings (SSSR count). The molecule has 4 N–H and O–H groups in total. The monoisotopic (exact) mass is 257 g/mol. The summed E-state index contributed by atoms with van der Waals surface area (Å²) >= 11 is 6.09. The van der Waals surface area contributed by atoms with E-state index in [9.17, 15) is 0 Å². The highest BCUT2D eigenvalue weighted by Gasteiger charge is 2.27. The molecule has 0 spiro atoms. The van der Waals surface area contributed by atoms with Gasteiger partial charge in [-0.2, -0.15) is 4.98 Å². The van der Waals surface area contributed by atoms with Gasteiger partial charge in [-0.1, -0.05) is 11.6 Å². The maximum Gasteiger partial charge on any atom is 0.239 e. The maximum atomic E-state index is 9.12. The zero-order chi connectivity index (χ0) is 12.3. The molecule has 1 heterocycles. The number of nitrogens with one attached hydrogen (secondary N) is 1. The lowest BCUT2D eigenvalue weighted by atomic mass is 9.91. The first-order valence-corrected chi connectivity index (χ1v) is 6.00. The lowest BCUT2D eigenvalue weighted by Crippen LogP contribution is -2.42. The number of aliphatic hydroxyl groups excluding tert-OH is 1. The van der Waals surface area contributed by atoms with Crippen LogP contribution in [-0.2, 0) is 0 Å². The lowest BCUT2D eigenvalue weighted by Gasteiger charge is -2.38. The minimum atomic E-state index is 0.0716. The van der Waals surface area contributed by atoms with Gasteiger partial charge in [0.25, 0.3) is 0 Å². The molecule has 0 aromatic carbocycles. The third-order valence-corrected chi connectivity index (χ3v) is 3.25. The molecule has 7 heteroatoms. The number of halogens is 1. The lowest BCUT2D eigenvalue weighted by molar-refractivity contribution is 0.283. The van der Waals surface area contributed by atoms with Gasteiger partial charge in [0.15, 0.2) is 5.82 Å². The van der Waals surface area contributed by atoms with Crippen LogP contribution in [0.5, 0.6) is 0 Å². The molecular formula is C10H16ClN5O. The minimum Gasteiger partial charge on any atom is -0.395 e. The average molecular weight is 258 g/mol. The van der Waals surface area contributed by atoms with Crippen LogP contribution in [0, 0.1) is 0 Å². The van der Waals surface area contributed by atoms with Crippen LogP contribution in [-0.4, -0.2) is 34.3 Å². The number of anilines is 2. The summed E-state index contributed by atoms with van der Waals surface area (Å²) in [7, 11) is 0. The SMILES string of the molecule is NNc1ncc(Cl)c(N(CCO)C2CCC2)n1. The molecule has 1 aliphatic rings. The van der Waals surface area contributed by atoms with Crippen molar-refractivity contribution in [3.05, 3.63) is 11.2 Å². The highest BCUT2D eigenvalue weighted by molar-refractivity contribution is 6.32. The molecule has 0 bridgehead atoms. The molecule has 6 nitrogen and oxygen atoms in total. The first kappa shape index (κ1) is 12.3. The number of aromatic nitrogens is 2. The van der Waals surface area contributed by atoms with Crippen LogP contribution in [0.2, 0.25) is 5.02 Å². The van der Waals surface area contributed by atoms with E-state index in [1.807, 2.05) is 4.90 Å². The van der Waals surface area contributed by atoms with E-state index >= 15 is 0 Å². The number of nitrogen functional groups attached to an aromatic ring is 1. The maximum absolute atomic E-state index is 9.12. The Hall–Kier alpha value is -1.11. The molecule has 1 fully saturated rings. The van der Waals surface area contributed by atoms with E-state index in [4.69, 9.17) is 22.6 Å². The van der Waals surface area contributed by atoms with Crippen LogP contribution in [0.25, 0.3) is 0 Å². The Labute approximate surface area is 105 Å². The molecule has 0 unspecified atom stereocenters. The number of aliphatic hydroxyl groups is 1. The van der Waals surface area contributed by atoms with E-state index in [0.717, 1.165) is 12.8 Å². The van der Waals surface area contributed by atoms with Gasteiger partial charge in [0.1, 0.15) is 5.02 Å². The summed E-state index contributed by atoms with van der Waals surface area (Å²) in [5.41, 5.74) is 2.40. The molecule has 0 saturated heterocycles. The Balaban J connectivity index is 2.26. The van der Waals surface area contributed by atoms with Crippen molar-refractivity contribution >= 4 is 23.4 Å². The Morgan fingerprint density at radius 3 is 2.88 bits per heavy atom. The van der Waals surface area contributed by atoms with Crippen LogP contribution in [0.4, 0.5) is 11.8 Å². The number of nitrogens with two attached hydrogens (primary N) is 1. The summed E-state index contributed by atoms with van der Waals surface area (Å²) in [6.07, 6.45) is 4.93. The molecule has 1 aromatic heterocycles. The van der Waals surface area contributed by atoms with E-state index in [-0.39, 0.29) is 6.61 Å². The smallest absolute Gasteiger partial charge is 0.239 e. The molecule has 94 valence electrons. The first-order valence-electron chi connectivity index (χ1n) is 5.63. The molecule has 0 radical (unpaired) electrons. The topological polar surface area (TPSA) is 87.3 Å². The predicted octanol–water partition coefficient (Wildman–Crippen LogP) is 0.767. The van der Waals surface area contributed by atoms with Gasteiger partial charge in [-0.3, -0.25) is 5.43 Å². The Morgan fingerprint density at radius 1 is 1.59 bits per heavy atom. The summed E-state index contributed by atoms with van der Waals surface area (Å²) in [5.74, 6) is 6.24. The largest absolute Gasteiger partial charge is 0.395 e. The van der Waals surface area contributed by atoms with Gasteiger partial charge in [-0.15, -0.1) is 0 Å². The van der Waals surface area contributed by atoms with Crippen molar-refractivity contribution in [3.63, 3.8) is 0 Å². The van der Waals surface area contributed by atoms with E-state index < -0.39 is 0 Å². The Bertz CT molecular complexity index is 385. The van der Waals surface area contributed by atoms with Gasteiger partial charge >= 0.3 is 0 Å². The molecule has 0 amide bonds. The van der Waals surface area contributed by atoms with Crippen molar-refractivity contribution in [2.24, 2.45) is 5.84 Å². The molecule has 1 saturated carbocycles. The van der Waals surface area contributed by atoms with Crippen molar-refractivity contribution in [2.45, 2.75) is 25.3 Å². The normalized spacial score (nSPS) is 15.5. The third-order valence-electron chi connectivity index (χ3n) is 2.98. The van der Waals surface area contributed by atoms with E-state index in [1.54, 1.807) is 0 Å². The number of hydrogen-bond acceptors (Lipinski definition) is 6. The second-order valence-electron chi connectivity index (χ2n) is 4.01. The molecule has 0 atom stereocenters. The van der Waals surface area contributed by atoms with Gasteiger partial charge in [0.05, 0.1) is 12.8 Å². The summed E-state index contributed by atoms with van der Waals surface area (Å²) in [4.78, 5) is 10.2. The predicted molar refractivity (Wildman–Crippen MR) is 66.9 cm³/mol. The second kappa shape index (κ2) is 5.48. The molecule has 1 aromatic rings. The van der Waals surface area contributed by atoms with Crippen molar-refractivity contribution in [2.75, 3.05) is 23.5 Å². The van der Waals surface area contributed by atoms with Crippen molar-refractivity contribution < 1.29 is 5.11 Å². The van der Waals surface area contributed by atoms with Crippen molar-refractivity contribution in [1.82, 2.24) is 9.97 Å². The summed E-state index contributed by atoms with van der Waals surface area (Å²) in [6.45, 7) is 0.591. The van der Waals surface area contributed by atoms with Crippen molar-refractivity contribution in [3.8, 4) is 0 Å². The summed E-state index contributed by atoms with van der Waals surface area (Å²) < 4.78 is 0. The quantitative estimate of drug-likeness (QED) is 0.533.